The number of rotatable bonds is 7. The van der Waals surface area contributed by atoms with E-state index in [1.807, 2.05) is 24.3 Å². The predicted octanol–water partition coefficient (Wildman–Crippen LogP) is 4.67. The lowest BCUT2D eigenvalue weighted by Crippen LogP contribution is -2.34. The summed E-state index contributed by atoms with van der Waals surface area (Å²) in [4.78, 5) is 19.0. The Balaban J connectivity index is 1.38. The van der Waals surface area contributed by atoms with E-state index in [9.17, 15) is 4.79 Å². The van der Waals surface area contributed by atoms with Crippen LogP contribution < -0.4 is 9.47 Å². The van der Waals surface area contributed by atoms with E-state index in [-0.39, 0.29) is 18.6 Å². The number of likely N-dealkylation sites (tertiary alicyclic amines) is 1. The van der Waals surface area contributed by atoms with Gasteiger partial charge in [0.15, 0.2) is 6.61 Å². The highest BCUT2D eigenvalue weighted by Gasteiger charge is 2.33. The number of carbonyl (C=O) groups excluding carboxylic acids is 1. The van der Waals surface area contributed by atoms with Gasteiger partial charge in [0.05, 0.1) is 13.3 Å². The van der Waals surface area contributed by atoms with Crippen LogP contribution in [-0.4, -0.2) is 36.1 Å². The number of nitrogens with zero attached hydrogens (tertiary/aromatic N) is 2. The molecule has 1 aliphatic rings. The first kappa shape index (κ1) is 20.3. The van der Waals surface area contributed by atoms with Gasteiger partial charge in [-0.25, -0.2) is 4.98 Å². The van der Waals surface area contributed by atoms with Gasteiger partial charge in [-0.15, -0.1) is 0 Å². The van der Waals surface area contributed by atoms with Crippen molar-refractivity contribution in [1.29, 1.82) is 0 Å². The zero-order valence-corrected chi connectivity index (χ0v) is 17.5. The van der Waals surface area contributed by atoms with E-state index in [2.05, 4.69) is 4.98 Å². The fourth-order valence-electron chi connectivity index (χ4n) is 3.63. The van der Waals surface area contributed by atoms with E-state index in [0.717, 1.165) is 29.9 Å². The minimum absolute atomic E-state index is 0.0289. The highest BCUT2D eigenvalue weighted by Crippen LogP contribution is 2.32. The number of aromatic nitrogens is 1. The molecule has 2 aromatic carbocycles. The van der Waals surface area contributed by atoms with E-state index in [1.165, 1.54) is 0 Å². The molecule has 156 valence electrons. The minimum Gasteiger partial charge on any atom is -0.497 e. The number of carbonyl (C=O) groups is 1. The molecule has 0 radical (unpaired) electrons. The Bertz CT molecular complexity index is 1000. The first-order chi connectivity index (χ1) is 14.6. The molecular weight excluding hydrogens is 404 g/mol. The standard InChI is InChI=1S/C23H23ClN2O4/c1-28-18-7-9-19(10-8-18)29-15-22(27)26-11-3-6-21(26)23-25-14-20(30-23)13-16-4-2-5-17(24)12-16/h2,4-5,7-10,12,14,21H,3,6,11,13,15H2,1H3/t21-/m0/s1. The fraction of sp³-hybridized carbons (Fsp3) is 0.304. The van der Waals surface area contributed by atoms with Crippen LogP contribution in [-0.2, 0) is 11.2 Å². The molecule has 1 amide bonds. The normalized spacial score (nSPS) is 15.9. The van der Waals surface area contributed by atoms with Crippen molar-refractivity contribution in [3.8, 4) is 11.5 Å². The van der Waals surface area contributed by atoms with Crippen molar-refractivity contribution < 1.29 is 18.7 Å². The quantitative estimate of drug-likeness (QED) is 0.549. The zero-order chi connectivity index (χ0) is 20.9. The zero-order valence-electron chi connectivity index (χ0n) is 16.7. The average Bonchev–Trinajstić information content (AvgIpc) is 3.42. The van der Waals surface area contributed by atoms with E-state index >= 15 is 0 Å². The van der Waals surface area contributed by atoms with E-state index in [1.54, 1.807) is 42.5 Å². The van der Waals surface area contributed by atoms with Gasteiger partial charge in [0.1, 0.15) is 23.3 Å². The number of amides is 1. The molecule has 7 heteroatoms. The van der Waals surface area contributed by atoms with Crippen molar-refractivity contribution in [1.82, 2.24) is 9.88 Å². The average molecular weight is 427 g/mol. The van der Waals surface area contributed by atoms with Crippen molar-refractivity contribution in [2.24, 2.45) is 0 Å². The second-order valence-corrected chi connectivity index (χ2v) is 7.62. The summed E-state index contributed by atoms with van der Waals surface area (Å²) in [7, 11) is 1.61. The molecular formula is C23H23ClN2O4. The summed E-state index contributed by atoms with van der Waals surface area (Å²) < 4.78 is 16.8. The molecule has 6 nitrogen and oxygen atoms in total. The Labute approximate surface area is 180 Å². The van der Waals surface area contributed by atoms with Gasteiger partial charge < -0.3 is 18.8 Å². The molecule has 2 heterocycles. The first-order valence-electron chi connectivity index (χ1n) is 9.88. The Morgan fingerprint density at radius 2 is 2.03 bits per heavy atom. The molecule has 1 saturated heterocycles. The summed E-state index contributed by atoms with van der Waals surface area (Å²) in [5.74, 6) is 2.61. The first-order valence-corrected chi connectivity index (χ1v) is 10.3. The van der Waals surface area contributed by atoms with Crippen LogP contribution in [0.2, 0.25) is 5.02 Å². The molecule has 1 fully saturated rings. The minimum atomic E-state index is -0.162. The summed E-state index contributed by atoms with van der Waals surface area (Å²) in [5, 5.41) is 0.691. The number of halogens is 1. The van der Waals surface area contributed by atoms with Crippen LogP contribution in [0, 0.1) is 0 Å². The number of hydrogen-bond acceptors (Lipinski definition) is 5. The van der Waals surface area contributed by atoms with Crippen molar-refractivity contribution >= 4 is 17.5 Å². The van der Waals surface area contributed by atoms with Crippen LogP contribution in [0.4, 0.5) is 0 Å². The summed E-state index contributed by atoms with van der Waals surface area (Å²) in [6.45, 7) is 0.639. The highest BCUT2D eigenvalue weighted by molar-refractivity contribution is 6.30. The maximum Gasteiger partial charge on any atom is 0.261 e. The van der Waals surface area contributed by atoms with Gasteiger partial charge in [-0.1, -0.05) is 23.7 Å². The van der Waals surface area contributed by atoms with Crippen LogP contribution in [0.15, 0.2) is 59.1 Å². The van der Waals surface area contributed by atoms with Crippen molar-refractivity contribution in [2.45, 2.75) is 25.3 Å². The number of benzene rings is 2. The third-order valence-corrected chi connectivity index (χ3v) is 5.35. The van der Waals surface area contributed by atoms with Crippen LogP contribution in [0.1, 0.15) is 36.1 Å². The Hall–Kier alpha value is -2.99. The third-order valence-electron chi connectivity index (χ3n) is 5.12. The van der Waals surface area contributed by atoms with Crippen molar-refractivity contribution in [3.05, 3.63) is 77.0 Å². The van der Waals surface area contributed by atoms with Crippen LogP contribution in [0.5, 0.6) is 11.5 Å². The van der Waals surface area contributed by atoms with Gasteiger partial charge in [0, 0.05) is 18.0 Å². The Morgan fingerprint density at radius 3 is 2.80 bits per heavy atom. The Kier molecular flexibility index (Phi) is 6.23. The molecule has 0 unspecified atom stereocenters. The molecule has 0 bridgehead atoms. The summed E-state index contributed by atoms with van der Waals surface area (Å²) in [6, 6.07) is 14.7. The van der Waals surface area contributed by atoms with Gasteiger partial charge in [-0.2, -0.15) is 0 Å². The van der Waals surface area contributed by atoms with Gasteiger partial charge in [0.2, 0.25) is 5.89 Å². The van der Waals surface area contributed by atoms with Gasteiger partial charge in [-0.05, 0) is 54.8 Å². The maximum absolute atomic E-state index is 12.8. The Morgan fingerprint density at radius 1 is 1.23 bits per heavy atom. The lowest BCUT2D eigenvalue weighted by atomic mass is 10.1. The van der Waals surface area contributed by atoms with Crippen LogP contribution in [0.25, 0.3) is 0 Å². The number of hydrogen-bond donors (Lipinski definition) is 0. The topological polar surface area (TPSA) is 64.8 Å². The predicted molar refractivity (Wildman–Crippen MR) is 113 cm³/mol. The van der Waals surface area contributed by atoms with E-state index in [4.69, 9.17) is 25.5 Å². The van der Waals surface area contributed by atoms with Gasteiger partial charge in [0.25, 0.3) is 5.91 Å². The number of methoxy groups -OCH3 is 1. The molecule has 3 aromatic rings. The summed E-state index contributed by atoms with van der Waals surface area (Å²) in [6.07, 6.45) is 4.07. The maximum atomic E-state index is 12.8. The molecule has 0 spiro atoms. The molecule has 1 aromatic heterocycles. The van der Waals surface area contributed by atoms with Gasteiger partial charge >= 0.3 is 0 Å². The van der Waals surface area contributed by atoms with Gasteiger partial charge in [-0.3, -0.25) is 4.79 Å². The number of ether oxygens (including phenoxy) is 2. The smallest absolute Gasteiger partial charge is 0.261 e. The lowest BCUT2D eigenvalue weighted by Gasteiger charge is -2.22. The molecule has 1 aliphatic heterocycles. The summed E-state index contributed by atoms with van der Waals surface area (Å²) >= 11 is 6.05. The van der Waals surface area contributed by atoms with Crippen LogP contribution in [0.3, 0.4) is 0 Å². The molecule has 0 saturated carbocycles. The van der Waals surface area contributed by atoms with E-state index in [0.29, 0.717) is 29.6 Å². The second-order valence-electron chi connectivity index (χ2n) is 7.18. The molecule has 0 aliphatic carbocycles. The highest BCUT2D eigenvalue weighted by atomic mass is 35.5. The SMILES string of the molecule is COc1ccc(OCC(=O)N2CCC[C@H]2c2ncc(Cc3cccc(Cl)c3)o2)cc1. The largest absolute Gasteiger partial charge is 0.497 e. The van der Waals surface area contributed by atoms with Crippen molar-refractivity contribution in [2.75, 3.05) is 20.3 Å². The number of oxazole rings is 1. The summed E-state index contributed by atoms with van der Waals surface area (Å²) in [5.41, 5.74) is 1.05. The van der Waals surface area contributed by atoms with Crippen LogP contribution >= 0.6 is 11.6 Å². The van der Waals surface area contributed by atoms with Crippen molar-refractivity contribution in [3.63, 3.8) is 0 Å². The molecule has 0 N–H and O–H groups in total. The molecule has 4 rings (SSSR count). The monoisotopic (exact) mass is 426 g/mol. The van der Waals surface area contributed by atoms with E-state index < -0.39 is 0 Å². The second kappa shape index (κ2) is 9.22. The lowest BCUT2D eigenvalue weighted by molar-refractivity contribution is -0.134. The third kappa shape index (κ3) is 4.76. The molecule has 1 atom stereocenters. The fourth-order valence-corrected chi connectivity index (χ4v) is 3.84. The molecule has 30 heavy (non-hydrogen) atoms.